The van der Waals surface area contributed by atoms with Crippen LogP contribution in [-0.4, -0.2) is 28.8 Å². The summed E-state index contributed by atoms with van der Waals surface area (Å²) in [4.78, 5) is 46.2. The van der Waals surface area contributed by atoms with Gasteiger partial charge in [-0.1, -0.05) is 0 Å². The van der Waals surface area contributed by atoms with Gasteiger partial charge in [-0.2, -0.15) is 0 Å². The summed E-state index contributed by atoms with van der Waals surface area (Å²) in [5.41, 5.74) is -0.709. The van der Waals surface area contributed by atoms with Crippen LogP contribution < -0.4 is 16.4 Å². The van der Waals surface area contributed by atoms with E-state index in [1.807, 2.05) is 0 Å². The summed E-state index contributed by atoms with van der Waals surface area (Å²) in [7, 11) is 1.24. The Bertz CT molecular complexity index is 788. The maximum Gasteiger partial charge on any atom is 0.350 e. The summed E-state index contributed by atoms with van der Waals surface area (Å²) in [6.45, 7) is -0.370. The van der Waals surface area contributed by atoms with Crippen LogP contribution in [0.15, 0.2) is 33.2 Å². The zero-order chi connectivity index (χ0) is 15.4. The number of ether oxygens (including phenoxy) is 1. The molecular formula is C12H11N3O5S. The van der Waals surface area contributed by atoms with Gasteiger partial charge in [-0.05, 0) is 11.4 Å². The highest BCUT2D eigenvalue weighted by molar-refractivity contribution is 7.12. The topological polar surface area (TPSA) is 110 Å². The Kier molecular flexibility index (Phi) is 4.33. The molecule has 8 nitrogen and oxygen atoms in total. The lowest BCUT2D eigenvalue weighted by atomic mass is 10.3. The average Bonchev–Trinajstić information content (AvgIpc) is 2.90. The summed E-state index contributed by atoms with van der Waals surface area (Å²) in [6, 6.07) is 3.69. The molecule has 0 aliphatic rings. The Balaban J connectivity index is 2.14. The van der Waals surface area contributed by atoms with Gasteiger partial charge < -0.3 is 10.1 Å². The normalized spacial score (nSPS) is 10.1. The fraction of sp³-hybridized carbons (Fsp3) is 0.167. The number of thiophene rings is 1. The molecule has 0 saturated heterocycles. The second-order valence-electron chi connectivity index (χ2n) is 3.94. The maximum absolute atomic E-state index is 11.9. The minimum Gasteiger partial charge on any atom is -0.465 e. The number of aromatic nitrogens is 2. The molecule has 0 radical (unpaired) electrons. The molecule has 0 aliphatic carbocycles. The number of nitrogens with one attached hydrogen (secondary N) is 2. The highest BCUT2D eigenvalue weighted by Gasteiger charge is 2.15. The fourth-order valence-corrected chi connectivity index (χ4v) is 2.34. The Labute approximate surface area is 122 Å². The number of rotatable bonds is 4. The van der Waals surface area contributed by atoms with Crippen LogP contribution in [0.1, 0.15) is 9.67 Å². The van der Waals surface area contributed by atoms with E-state index in [-0.39, 0.29) is 11.4 Å². The molecule has 21 heavy (non-hydrogen) atoms. The fourth-order valence-electron chi connectivity index (χ4n) is 1.57. The van der Waals surface area contributed by atoms with Crippen molar-refractivity contribution in [2.24, 2.45) is 0 Å². The van der Waals surface area contributed by atoms with Crippen LogP contribution in [0.5, 0.6) is 0 Å². The highest BCUT2D eigenvalue weighted by Crippen LogP contribution is 2.22. The maximum atomic E-state index is 11.9. The minimum atomic E-state index is -0.564. The third kappa shape index (κ3) is 3.45. The minimum absolute atomic E-state index is 0.250. The number of nitrogens with zero attached hydrogens (tertiary/aromatic N) is 1. The van der Waals surface area contributed by atoms with Crippen LogP contribution in [0.2, 0.25) is 0 Å². The standard InChI is InChI=1S/C12H11N3O5S/c1-20-12(19)11-7(4-5-21-11)13-9(17)6-15-10(18)3-2-8(16)14-15/h2-5H,6H2,1H3,(H,13,17)(H,14,16). The van der Waals surface area contributed by atoms with Gasteiger partial charge >= 0.3 is 5.97 Å². The van der Waals surface area contributed by atoms with Gasteiger partial charge in [0.05, 0.1) is 12.8 Å². The summed E-state index contributed by atoms with van der Waals surface area (Å²) in [5, 5.41) is 6.35. The molecule has 9 heteroatoms. The average molecular weight is 309 g/mol. The molecule has 2 aromatic heterocycles. The van der Waals surface area contributed by atoms with Crippen molar-refractivity contribution in [3.8, 4) is 0 Å². The van der Waals surface area contributed by atoms with E-state index in [2.05, 4.69) is 15.2 Å². The number of methoxy groups -OCH3 is 1. The summed E-state index contributed by atoms with van der Waals surface area (Å²) < 4.78 is 5.46. The molecule has 0 unspecified atom stereocenters. The lowest BCUT2D eigenvalue weighted by molar-refractivity contribution is -0.117. The lowest BCUT2D eigenvalue weighted by Crippen LogP contribution is -2.33. The van der Waals surface area contributed by atoms with Gasteiger partial charge in [0.25, 0.3) is 11.1 Å². The molecule has 0 fully saturated rings. The molecule has 1 amide bonds. The van der Waals surface area contributed by atoms with Crippen molar-refractivity contribution in [3.63, 3.8) is 0 Å². The molecule has 2 aromatic rings. The van der Waals surface area contributed by atoms with E-state index in [1.165, 1.54) is 7.11 Å². The second kappa shape index (κ2) is 6.18. The van der Waals surface area contributed by atoms with Crippen LogP contribution in [0, 0.1) is 0 Å². The van der Waals surface area contributed by atoms with E-state index in [0.29, 0.717) is 5.69 Å². The predicted molar refractivity (Wildman–Crippen MR) is 75.6 cm³/mol. The highest BCUT2D eigenvalue weighted by atomic mass is 32.1. The number of hydrogen-bond donors (Lipinski definition) is 2. The Morgan fingerprint density at radius 3 is 2.81 bits per heavy atom. The Hall–Kier alpha value is -2.68. The smallest absolute Gasteiger partial charge is 0.350 e. The van der Waals surface area contributed by atoms with Gasteiger partial charge in [-0.25, -0.2) is 9.48 Å². The van der Waals surface area contributed by atoms with Crippen LogP contribution in [0.4, 0.5) is 5.69 Å². The predicted octanol–water partition coefficient (Wildman–Crippen LogP) is 0.0234. The van der Waals surface area contributed by atoms with Gasteiger partial charge in [0.1, 0.15) is 11.4 Å². The molecule has 0 aromatic carbocycles. The zero-order valence-corrected chi connectivity index (χ0v) is 11.7. The number of aromatic amines is 1. The van der Waals surface area contributed by atoms with Crippen LogP contribution in [0.25, 0.3) is 0 Å². The largest absolute Gasteiger partial charge is 0.465 e. The van der Waals surface area contributed by atoms with Gasteiger partial charge in [-0.3, -0.25) is 19.5 Å². The van der Waals surface area contributed by atoms with Crippen molar-refractivity contribution in [1.29, 1.82) is 0 Å². The molecule has 0 atom stereocenters. The van der Waals surface area contributed by atoms with E-state index < -0.39 is 23.0 Å². The molecule has 2 heterocycles. The monoisotopic (exact) mass is 309 g/mol. The van der Waals surface area contributed by atoms with E-state index in [0.717, 1.165) is 28.2 Å². The summed E-state index contributed by atoms with van der Waals surface area (Å²) >= 11 is 1.12. The first-order valence-corrected chi connectivity index (χ1v) is 6.65. The van der Waals surface area contributed by atoms with E-state index in [4.69, 9.17) is 0 Å². The number of carbonyl (C=O) groups is 2. The molecule has 110 valence electrons. The number of H-pyrrole nitrogens is 1. The Morgan fingerprint density at radius 2 is 2.10 bits per heavy atom. The molecule has 2 rings (SSSR count). The number of hydrogen-bond acceptors (Lipinski definition) is 6. The van der Waals surface area contributed by atoms with Crippen molar-refractivity contribution >= 4 is 28.9 Å². The third-order valence-electron chi connectivity index (χ3n) is 2.50. The molecule has 0 bridgehead atoms. The van der Waals surface area contributed by atoms with Gasteiger partial charge in [0.15, 0.2) is 0 Å². The molecular weight excluding hydrogens is 298 g/mol. The van der Waals surface area contributed by atoms with Gasteiger partial charge in [0, 0.05) is 12.1 Å². The first-order valence-electron chi connectivity index (χ1n) is 5.77. The third-order valence-corrected chi connectivity index (χ3v) is 3.39. The van der Waals surface area contributed by atoms with Crippen LogP contribution in [-0.2, 0) is 16.1 Å². The quantitative estimate of drug-likeness (QED) is 0.774. The van der Waals surface area contributed by atoms with Crippen molar-refractivity contribution in [3.05, 3.63) is 49.2 Å². The van der Waals surface area contributed by atoms with Crippen LogP contribution in [0.3, 0.4) is 0 Å². The first kappa shape index (κ1) is 14.7. The lowest BCUT2D eigenvalue weighted by Gasteiger charge is -2.07. The zero-order valence-electron chi connectivity index (χ0n) is 10.9. The van der Waals surface area contributed by atoms with Crippen molar-refractivity contribution < 1.29 is 14.3 Å². The molecule has 0 aliphatic heterocycles. The van der Waals surface area contributed by atoms with Crippen LogP contribution >= 0.6 is 11.3 Å². The van der Waals surface area contributed by atoms with Crippen molar-refractivity contribution in [1.82, 2.24) is 9.78 Å². The van der Waals surface area contributed by atoms with E-state index in [9.17, 15) is 19.2 Å². The van der Waals surface area contributed by atoms with Gasteiger partial charge in [-0.15, -0.1) is 11.3 Å². The summed E-state index contributed by atoms with van der Waals surface area (Å²) in [6.07, 6.45) is 0. The molecule has 0 spiro atoms. The molecule has 0 saturated carbocycles. The van der Waals surface area contributed by atoms with E-state index >= 15 is 0 Å². The Morgan fingerprint density at radius 1 is 1.33 bits per heavy atom. The first-order chi connectivity index (χ1) is 10.0. The number of anilines is 1. The second-order valence-corrected chi connectivity index (χ2v) is 4.85. The summed E-state index contributed by atoms with van der Waals surface area (Å²) in [5.74, 6) is -1.12. The number of amides is 1. The van der Waals surface area contributed by atoms with Gasteiger partial charge in [0.2, 0.25) is 5.91 Å². The molecule has 2 N–H and O–H groups in total. The number of esters is 1. The van der Waals surface area contributed by atoms with Crippen molar-refractivity contribution in [2.75, 3.05) is 12.4 Å². The van der Waals surface area contributed by atoms with E-state index in [1.54, 1.807) is 11.4 Å². The number of carbonyl (C=O) groups excluding carboxylic acids is 2. The van der Waals surface area contributed by atoms with Crippen molar-refractivity contribution in [2.45, 2.75) is 6.54 Å². The SMILES string of the molecule is COC(=O)c1sccc1NC(=O)Cn1[nH]c(=O)ccc1=O.